The summed E-state index contributed by atoms with van der Waals surface area (Å²) in [6.07, 6.45) is 3.05. The van der Waals surface area contributed by atoms with Crippen molar-refractivity contribution in [3.05, 3.63) is 72.1 Å². The highest BCUT2D eigenvalue weighted by atomic mass is 16.5. The van der Waals surface area contributed by atoms with E-state index in [0.717, 1.165) is 54.0 Å². The molecule has 0 spiro atoms. The Bertz CT molecular complexity index is 1240. The van der Waals surface area contributed by atoms with E-state index in [1.54, 1.807) is 0 Å². The zero-order valence-corrected chi connectivity index (χ0v) is 18.9. The molecule has 2 aromatic carbocycles. The van der Waals surface area contributed by atoms with Gasteiger partial charge < -0.3 is 14.7 Å². The molecular formula is C26H27N5O2. The minimum absolute atomic E-state index is 0.00714. The van der Waals surface area contributed by atoms with Gasteiger partial charge in [0, 0.05) is 24.6 Å². The smallest absolute Gasteiger partial charge is 0.263 e. The van der Waals surface area contributed by atoms with Crippen LogP contribution in [0, 0.1) is 12.8 Å². The van der Waals surface area contributed by atoms with Crippen molar-refractivity contribution in [3.8, 4) is 11.3 Å². The molecule has 1 fully saturated rings. The first-order valence-electron chi connectivity index (χ1n) is 11.4. The van der Waals surface area contributed by atoms with Gasteiger partial charge in [0.1, 0.15) is 23.2 Å². The van der Waals surface area contributed by atoms with Crippen LogP contribution < -0.4 is 10.2 Å². The van der Waals surface area contributed by atoms with Crippen LogP contribution in [0.3, 0.4) is 0 Å². The molecule has 1 amide bonds. The van der Waals surface area contributed by atoms with Crippen LogP contribution in [0.4, 0.5) is 5.82 Å². The molecule has 0 radical (unpaired) electrons. The van der Waals surface area contributed by atoms with Crippen LogP contribution in [-0.4, -0.2) is 34.1 Å². The van der Waals surface area contributed by atoms with E-state index in [4.69, 9.17) is 4.52 Å². The number of carbonyl (C=O) groups excluding carboxylic acids is 1. The second kappa shape index (κ2) is 9.02. The highest BCUT2D eigenvalue weighted by molar-refractivity contribution is 5.98. The molecule has 33 heavy (non-hydrogen) atoms. The largest absolute Gasteiger partial charge is 0.356 e. The Morgan fingerprint density at radius 3 is 2.52 bits per heavy atom. The van der Waals surface area contributed by atoms with E-state index in [2.05, 4.69) is 44.4 Å². The zero-order valence-electron chi connectivity index (χ0n) is 18.9. The monoisotopic (exact) mass is 441 g/mol. The van der Waals surface area contributed by atoms with Crippen molar-refractivity contribution in [3.63, 3.8) is 0 Å². The summed E-state index contributed by atoms with van der Waals surface area (Å²) >= 11 is 0. The molecule has 7 nitrogen and oxygen atoms in total. The number of hydrogen-bond donors (Lipinski definition) is 1. The van der Waals surface area contributed by atoms with E-state index in [1.165, 1.54) is 11.9 Å². The zero-order chi connectivity index (χ0) is 22.8. The fraction of sp³-hybridized carbons (Fsp3) is 0.308. The average Bonchev–Trinajstić information content (AvgIpc) is 3.29. The van der Waals surface area contributed by atoms with Crippen LogP contribution >= 0.6 is 0 Å². The third kappa shape index (κ3) is 4.31. The number of aryl methyl sites for hydroxylation is 1. The Morgan fingerprint density at radius 1 is 1.06 bits per heavy atom. The van der Waals surface area contributed by atoms with Gasteiger partial charge in [-0.1, -0.05) is 65.3 Å². The summed E-state index contributed by atoms with van der Waals surface area (Å²) < 4.78 is 5.52. The van der Waals surface area contributed by atoms with Gasteiger partial charge in [-0.2, -0.15) is 4.98 Å². The number of piperidine rings is 1. The lowest BCUT2D eigenvalue weighted by atomic mass is 9.95. The molecule has 1 aliphatic rings. The van der Waals surface area contributed by atoms with Crippen LogP contribution in [0.1, 0.15) is 36.9 Å². The van der Waals surface area contributed by atoms with Crippen molar-refractivity contribution in [2.75, 3.05) is 18.0 Å². The molecule has 1 unspecified atom stereocenters. The molecule has 1 N–H and O–H groups in total. The number of anilines is 1. The molecule has 1 atom stereocenters. The fourth-order valence-electron chi connectivity index (χ4n) is 4.43. The lowest BCUT2D eigenvalue weighted by Crippen LogP contribution is -2.41. The number of rotatable bonds is 5. The molecule has 3 heterocycles. The first-order valence-corrected chi connectivity index (χ1v) is 11.4. The number of carbonyl (C=O) groups is 1. The van der Waals surface area contributed by atoms with Crippen LogP contribution in [0.25, 0.3) is 22.4 Å². The lowest BCUT2D eigenvalue weighted by molar-refractivity contribution is -0.126. The Balaban J connectivity index is 1.31. The number of aromatic nitrogens is 3. The predicted octanol–water partition coefficient (Wildman–Crippen LogP) is 4.69. The Kier molecular flexibility index (Phi) is 5.77. The average molecular weight is 442 g/mol. The highest BCUT2D eigenvalue weighted by Crippen LogP contribution is 2.34. The predicted molar refractivity (Wildman–Crippen MR) is 128 cm³/mol. The summed E-state index contributed by atoms with van der Waals surface area (Å²) in [6, 6.07) is 18.2. The van der Waals surface area contributed by atoms with Crippen molar-refractivity contribution in [1.29, 1.82) is 0 Å². The Morgan fingerprint density at radius 2 is 1.79 bits per heavy atom. The molecule has 5 rings (SSSR count). The second-order valence-electron chi connectivity index (χ2n) is 8.68. The van der Waals surface area contributed by atoms with Crippen LogP contribution in [-0.2, 0) is 4.79 Å². The number of amides is 1. The Labute approximate surface area is 192 Å². The molecule has 0 saturated carbocycles. The van der Waals surface area contributed by atoms with Crippen LogP contribution in [0.2, 0.25) is 0 Å². The third-order valence-corrected chi connectivity index (χ3v) is 6.40. The molecule has 7 heteroatoms. The van der Waals surface area contributed by atoms with Crippen LogP contribution in [0.15, 0.2) is 65.4 Å². The van der Waals surface area contributed by atoms with Crippen LogP contribution in [0.5, 0.6) is 0 Å². The van der Waals surface area contributed by atoms with E-state index in [9.17, 15) is 4.79 Å². The van der Waals surface area contributed by atoms with E-state index in [1.807, 2.05) is 49.4 Å². The molecule has 1 aliphatic heterocycles. The summed E-state index contributed by atoms with van der Waals surface area (Å²) in [6.45, 7) is 5.56. The van der Waals surface area contributed by atoms with Gasteiger partial charge in [-0.15, -0.1) is 0 Å². The quantitative estimate of drug-likeness (QED) is 0.484. The SMILES string of the molecule is Cc1ccc(-c2noc3ncnc(N4CCC(C(=O)NC(C)c5ccccc5)CC4)c23)cc1. The third-order valence-electron chi connectivity index (χ3n) is 6.40. The summed E-state index contributed by atoms with van der Waals surface area (Å²) in [7, 11) is 0. The van der Waals surface area contributed by atoms with Crippen molar-refractivity contribution in [2.45, 2.75) is 32.7 Å². The molecule has 0 aliphatic carbocycles. The normalized spacial score (nSPS) is 15.5. The molecule has 168 valence electrons. The first kappa shape index (κ1) is 21.1. The van der Waals surface area contributed by atoms with Gasteiger partial charge in [-0.05, 0) is 32.3 Å². The first-order chi connectivity index (χ1) is 16.1. The maximum atomic E-state index is 12.9. The van der Waals surface area contributed by atoms with Gasteiger partial charge in [0.15, 0.2) is 0 Å². The fourth-order valence-corrected chi connectivity index (χ4v) is 4.43. The molecule has 0 bridgehead atoms. The molecule has 4 aromatic rings. The molecular weight excluding hydrogens is 414 g/mol. The van der Waals surface area contributed by atoms with Gasteiger partial charge in [-0.3, -0.25) is 4.79 Å². The number of hydrogen-bond acceptors (Lipinski definition) is 6. The lowest BCUT2D eigenvalue weighted by Gasteiger charge is -2.32. The topological polar surface area (TPSA) is 84.2 Å². The van der Waals surface area contributed by atoms with E-state index in [0.29, 0.717) is 5.71 Å². The summed E-state index contributed by atoms with van der Waals surface area (Å²) in [4.78, 5) is 23.9. The number of nitrogens with zero attached hydrogens (tertiary/aromatic N) is 4. The minimum Gasteiger partial charge on any atom is -0.356 e. The standard InChI is InChI=1S/C26H27N5O2/c1-17-8-10-20(11-9-17)23-22-24(27-16-28-26(22)33-30-23)31-14-12-21(13-15-31)25(32)29-18(2)19-6-4-3-5-7-19/h3-11,16,18,21H,12-15H2,1-2H3,(H,29,32). The number of fused-ring (bicyclic) bond motifs is 1. The molecule has 2 aromatic heterocycles. The summed E-state index contributed by atoms with van der Waals surface area (Å²) in [5.74, 6) is 0.918. The highest BCUT2D eigenvalue weighted by Gasteiger charge is 2.29. The Hall–Kier alpha value is -3.74. The minimum atomic E-state index is -0.0104. The van der Waals surface area contributed by atoms with Gasteiger partial charge in [0.25, 0.3) is 5.71 Å². The summed E-state index contributed by atoms with van der Waals surface area (Å²) in [5, 5.41) is 8.28. The van der Waals surface area contributed by atoms with Gasteiger partial charge in [0.05, 0.1) is 6.04 Å². The van der Waals surface area contributed by atoms with Gasteiger partial charge in [0.2, 0.25) is 5.91 Å². The number of benzene rings is 2. The molecule has 1 saturated heterocycles. The van der Waals surface area contributed by atoms with Crippen molar-refractivity contribution in [2.24, 2.45) is 5.92 Å². The second-order valence-corrected chi connectivity index (χ2v) is 8.68. The maximum Gasteiger partial charge on any atom is 0.263 e. The maximum absolute atomic E-state index is 12.9. The summed E-state index contributed by atoms with van der Waals surface area (Å²) in [5.41, 5.74) is 4.50. The van der Waals surface area contributed by atoms with Crippen molar-refractivity contribution in [1.82, 2.24) is 20.4 Å². The van der Waals surface area contributed by atoms with Gasteiger partial charge >= 0.3 is 0 Å². The van der Waals surface area contributed by atoms with Crippen molar-refractivity contribution < 1.29 is 9.32 Å². The van der Waals surface area contributed by atoms with E-state index >= 15 is 0 Å². The number of nitrogens with one attached hydrogen (secondary N) is 1. The van der Waals surface area contributed by atoms with E-state index < -0.39 is 0 Å². The van der Waals surface area contributed by atoms with Gasteiger partial charge in [-0.25, -0.2) is 4.98 Å². The van der Waals surface area contributed by atoms with E-state index in [-0.39, 0.29) is 17.9 Å². The van der Waals surface area contributed by atoms with Crippen molar-refractivity contribution >= 4 is 22.8 Å².